The number of hydrogen-bond donors (Lipinski definition) is 0. The molecule has 0 saturated carbocycles. The Morgan fingerprint density at radius 2 is 1.93 bits per heavy atom. The lowest BCUT2D eigenvalue weighted by molar-refractivity contribution is 0.0391. The van der Waals surface area contributed by atoms with Gasteiger partial charge in [0.2, 0.25) is 0 Å². The van der Waals surface area contributed by atoms with E-state index in [1.165, 1.54) is 17.4 Å². The van der Waals surface area contributed by atoms with E-state index in [1.54, 1.807) is 11.0 Å². The van der Waals surface area contributed by atoms with E-state index in [2.05, 4.69) is 9.88 Å². The van der Waals surface area contributed by atoms with Crippen molar-refractivity contribution in [1.29, 1.82) is 0 Å². The third-order valence-corrected chi connectivity index (χ3v) is 5.92. The first kappa shape index (κ1) is 21.6. The minimum atomic E-state index is -0.365. The van der Waals surface area contributed by atoms with Gasteiger partial charge in [-0.25, -0.2) is 9.37 Å². The first-order valence-electron chi connectivity index (χ1n) is 9.35. The van der Waals surface area contributed by atoms with Crippen molar-refractivity contribution in [1.82, 2.24) is 9.88 Å². The van der Waals surface area contributed by atoms with Crippen LogP contribution in [-0.2, 0) is 4.74 Å². The number of ether oxygens (including phenoxy) is 1. The van der Waals surface area contributed by atoms with Crippen molar-refractivity contribution in [3.8, 4) is 0 Å². The Kier molecular flexibility index (Phi) is 7.18. The van der Waals surface area contributed by atoms with E-state index in [-0.39, 0.29) is 24.1 Å². The molecule has 0 unspecified atom stereocenters. The molecule has 1 aliphatic rings. The highest BCUT2D eigenvalue weighted by atomic mass is 35.5. The number of hydrogen-bond acceptors (Lipinski definition) is 5. The van der Waals surface area contributed by atoms with Gasteiger partial charge in [0.1, 0.15) is 11.3 Å². The largest absolute Gasteiger partial charge is 0.379 e. The summed E-state index contributed by atoms with van der Waals surface area (Å²) in [6.45, 7) is 6.31. The highest BCUT2D eigenvalue weighted by molar-refractivity contribution is 7.22. The van der Waals surface area contributed by atoms with Crippen LogP contribution in [0.1, 0.15) is 15.9 Å². The number of benzene rings is 2. The summed E-state index contributed by atoms with van der Waals surface area (Å²) in [5, 5.41) is 0.527. The molecule has 2 heterocycles. The Balaban J connectivity index is 0.00000240. The van der Waals surface area contributed by atoms with Crippen molar-refractivity contribution >= 4 is 45.0 Å². The third kappa shape index (κ3) is 4.93. The SMILES string of the molecule is Cc1ccc(C(=O)N(CCN2CCOCC2)c2nc3c(F)cccc3s2)cc1.Cl. The molecule has 0 bridgehead atoms. The summed E-state index contributed by atoms with van der Waals surface area (Å²) in [7, 11) is 0. The number of thiazole rings is 1. The fraction of sp³-hybridized carbons (Fsp3) is 0.333. The zero-order valence-electron chi connectivity index (χ0n) is 16.1. The van der Waals surface area contributed by atoms with Crippen LogP contribution < -0.4 is 4.90 Å². The summed E-state index contributed by atoms with van der Waals surface area (Å²) in [6.07, 6.45) is 0. The van der Waals surface area contributed by atoms with Crippen LogP contribution in [0.25, 0.3) is 10.2 Å². The van der Waals surface area contributed by atoms with Crippen LogP contribution in [-0.4, -0.2) is 55.2 Å². The zero-order valence-corrected chi connectivity index (χ0v) is 17.8. The van der Waals surface area contributed by atoms with Crippen molar-refractivity contribution in [2.45, 2.75) is 6.92 Å². The molecule has 8 heteroatoms. The van der Waals surface area contributed by atoms with Gasteiger partial charge < -0.3 is 4.74 Å². The first-order valence-corrected chi connectivity index (χ1v) is 10.2. The molecular formula is C21H23ClFN3O2S. The summed E-state index contributed by atoms with van der Waals surface area (Å²) < 4.78 is 20.3. The number of halogens is 2. The molecule has 1 aromatic heterocycles. The van der Waals surface area contributed by atoms with Crippen molar-refractivity contribution in [3.63, 3.8) is 0 Å². The lowest BCUT2D eigenvalue weighted by atomic mass is 10.1. The fourth-order valence-corrected chi connectivity index (χ4v) is 4.23. The number of fused-ring (bicyclic) bond motifs is 1. The average Bonchev–Trinajstić information content (AvgIpc) is 3.15. The molecule has 154 valence electrons. The Labute approximate surface area is 179 Å². The second-order valence-electron chi connectivity index (χ2n) is 6.86. The van der Waals surface area contributed by atoms with Crippen LogP contribution >= 0.6 is 23.7 Å². The van der Waals surface area contributed by atoms with E-state index in [1.807, 2.05) is 37.3 Å². The van der Waals surface area contributed by atoms with Crippen LogP contribution in [0.5, 0.6) is 0 Å². The second-order valence-corrected chi connectivity index (χ2v) is 7.87. The standard InChI is InChI=1S/C21H22FN3O2S.ClH/c1-15-5-7-16(8-6-15)20(26)25(10-9-24-11-13-27-14-12-24)21-23-19-17(22)3-2-4-18(19)28-21;/h2-8H,9-14H2,1H3;1H. The molecule has 3 aromatic rings. The molecule has 0 radical (unpaired) electrons. The summed E-state index contributed by atoms with van der Waals surface area (Å²) in [5.74, 6) is -0.483. The van der Waals surface area contributed by atoms with Crippen LogP contribution in [0, 0.1) is 12.7 Å². The molecule has 0 spiro atoms. The minimum absolute atomic E-state index is 0. The number of aryl methyl sites for hydroxylation is 1. The third-order valence-electron chi connectivity index (χ3n) is 4.88. The molecule has 0 N–H and O–H groups in total. The van der Waals surface area contributed by atoms with Crippen LogP contribution in [0.3, 0.4) is 0 Å². The highest BCUT2D eigenvalue weighted by Gasteiger charge is 2.23. The number of rotatable bonds is 5. The van der Waals surface area contributed by atoms with Gasteiger partial charge in [0.25, 0.3) is 5.91 Å². The van der Waals surface area contributed by atoms with Crippen LogP contribution in [0.2, 0.25) is 0 Å². The van der Waals surface area contributed by atoms with Crippen molar-refractivity contribution in [2.24, 2.45) is 0 Å². The number of amides is 1. The molecule has 2 aromatic carbocycles. The summed E-state index contributed by atoms with van der Waals surface area (Å²) in [5.41, 5.74) is 2.02. The number of anilines is 1. The molecule has 1 amide bonds. The van der Waals surface area contributed by atoms with E-state index < -0.39 is 0 Å². The van der Waals surface area contributed by atoms with Gasteiger partial charge in [-0.1, -0.05) is 35.1 Å². The molecular weight excluding hydrogens is 413 g/mol. The summed E-state index contributed by atoms with van der Waals surface area (Å²) in [6, 6.07) is 12.4. The molecule has 29 heavy (non-hydrogen) atoms. The van der Waals surface area contributed by atoms with E-state index in [0.29, 0.717) is 36.0 Å². The van der Waals surface area contributed by atoms with E-state index in [0.717, 1.165) is 29.9 Å². The maximum atomic E-state index is 14.1. The molecule has 1 saturated heterocycles. The van der Waals surface area contributed by atoms with Gasteiger partial charge in [0.05, 0.1) is 17.9 Å². The monoisotopic (exact) mass is 435 g/mol. The minimum Gasteiger partial charge on any atom is -0.379 e. The number of carbonyl (C=O) groups is 1. The Morgan fingerprint density at radius 1 is 1.21 bits per heavy atom. The summed E-state index contributed by atoms with van der Waals surface area (Å²) in [4.78, 5) is 21.6. The Hall–Kier alpha value is -2.06. The van der Waals surface area contributed by atoms with Crippen molar-refractivity contribution < 1.29 is 13.9 Å². The fourth-order valence-electron chi connectivity index (χ4n) is 3.22. The number of para-hydroxylation sites is 1. The lowest BCUT2D eigenvalue weighted by Gasteiger charge is -2.29. The molecule has 0 aliphatic carbocycles. The summed E-state index contributed by atoms with van der Waals surface area (Å²) >= 11 is 1.34. The molecule has 0 atom stereocenters. The first-order chi connectivity index (χ1) is 13.6. The number of aromatic nitrogens is 1. The van der Waals surface area contributed by atoms with E-state index in [4.69, 9.17) is 4.74 Å². The second kappa shape index (κ2) is 9.63. The number of carbonyl (C=O) groups excluding carboxylic acids is 1. The van der Waals surface area contributed by atoms with Crippen molar-refractivity contribution in [2.75, 3.05) is 44.3 Å². The average molecular weight is 436 g/mol. The predicted molar refractivity (Wildman–Crippen MR) is 117 cm³/mol. The zero-order chi connectivity index (χ0) is 19.5. The Bertz CT molecular complexity index is 974. The van der Waals surface area contributed by atoms with Crippen LogP contribution in [0.15, 0.2) is 42.5 Å². The lowest BCUT2D eigenvalue weighted by Crippen LogP contribution is -2.43. The molecule has 1 fully saturated rings. The molecule has 4 rings (SSSR count). The van der Waals surface area contributed by atoms with Gasteiger partial charge in [0, 0.05) is 31.7 Å². The van der Waals surface area contributed by atoms with Gasteiger partial charge in [-0.15, -0.1) is 12.4 Å². The van der Waals surface area contributed by atoms with Gasteiger partial charge in [-0.3, -0.25) is 14.6 Å². The highest BCUT2D eigenvalue weighted by Crippen LogP contribution is 2.31. The quantitative estimate of drug-likeness (QED) is 0.604. The normalized spacial score (nSPS) is 14.6. The van der Waals surface area contributed by atoms with Crippen molar-refractivity contribution in [3.05, 3.63) is 59.4 Å². The van der Waals surface area contributed by atoms with Gasteiger partial charge >= 0.3 is 0 Å². The molecule has 5 nitrogen and oxygen atoms in total. The smallest absolute Gasteiger partial charge is 0.260 e. The molecule has 1 aliphatic heterocycles. The Morgan fingerprint density at radius 3 is 2.62 bits per heavy atom. The number of morpholine rings is 1. The maximum absolute atomic E-state index is 14.1. The van der Waals surface area contributed by atoms with Gasteiger partial charge in [-0.05, 0) is 31.2 Å². The topological polar surface area (TPSA) is 45.7 Å². The number of nitrogens with zero attached hydrogens (tertiary/aromatic N) is 3. The van der Waals surface area contributed by atoms with Crippen LogP contribution in [0.4, 0.5) is 9.52 Å². The van der Waals surface area contributed by atoms with Gasteiger partial charge in [-0.2, -0.15) is 0 Å². The van der Waals surface area contributed by atoms with E-state index >= 15 is 0 Å². The van der Waals surface area contributed by atoms with E-state index in [9.17, 15) is 9.18 Å². The maximum Gasteiger partial charge on any atom is 0.260 e. The van der Waals surface area contributed by atoms with Gasteiger partial charge in [0.15, 0.2) is 5.13 Å². The predicted octanol–water partition coefficient (Wildman–Crippen LogP) is 4.14.